The zero-order valence-electron chi connectivity index (χ0n) is 8.99. The van der Waals surface area contributed by atoms with E-state index < -0.39 is 0 Å². The number of anilines is 1. The minimum atomic E-state index is 0.485. The van der Waals surface area contributed by atoms with E-state index in [9.17, 15) is 0 Å². The molecule has 0 amide bonds. The summed E-state index contributed by atoms with van der Waals surface area (Å²) in [7, 11) is 0. The van der Waals surface area contributed by atoms with Crippen LogP contribution in [0.3, 0.4) is 0 Å². The summed E-state index contributed by atoms with van der Waals surface area (Å²) >= 11 is 0. The van der Waals surface area contributed by atoms with Crippen LogP contribution in [0.2, 0.25) is 0 Å². The Balaban J connectivity index is 1.94. The van der Waals surface area contributed by atoms with Gasteiger partial charge in [-0.1, -0.05) is 0 Å². The molecule has 0 aromatic carbocycles. The van der Waals surface area contributed by atoms with E-state index in [0.29, 0.717) is 18.5 Å². The molecule has 1 saturated heterocycles. The Morgan fingerprint density at radius 1 is 1.67 bits per heavy atom. The van der Waals surface area contributed by atoms with Gasteiger partial charge in [-0.05, 0) is 26.3 Å². The van der Waals surface area contributed by atoms with Gasteiger partial charge >= 0.3 is 0 Å². The number of nitrogens with one attached hydrogen (secondary N) is 1. The van der Waals surface area contributed by atoms with Crippen LogP contribution in [0.1, 0.15) is 18.4 Å². The second kappa shape index (κ2) is 4.49. The Kier molecular flexibility index (Phi) is 3.06. The second-order valence-electron chi connectivity index (χ2n) is 3.98. The number of pyridine rings is 1. The molecule has 0 aliphatic carbocycles. The number of nitrogens with zero attached hydrogens (tertiary/aromatic N) is 1. The molecule has 2 heterocycles. The Bertz CT molecular complexity index is 335. The van der Waals surface area contributed by atoms with E-state index in [1.54, 1.807) is 12.3 Å². The van der Waals surface area contributed by atoms with Crippen LogP contribution in [0.4, 0.5) is 5.82 Å². The van der Waals surface area contributed by atoms with Gasteiger partial charge in [0, 0.05) is 23.9 Å². The summed E-state index contributed by atoms with van der Waals surface area (Å²) in [5.74, 6) is 1.35. The lowest BCUT2D eigenvalue weighted by Crippen LogP contribution is -2.28. The van der Waals surface area contributed by atoms with Crippen molar-refractivity contribution < 1.29 is 4.74 Å². The van der Waals surface area contributed by atoms with Crippen LogP contribution >= 0.6 is 0 Å². The summed E-state index contributed by atoms with van der Waals surface area (Å²) in [5.41, 5.74) is 6.63. The third kappa shape index (κ3) is 2.59. The number of ether oxygens (including phenoxy) is 1. The molecule has 1 fully saturated rings. The molecule has 82 valence electrons. The van der Waals surface area contributed by atoms with Crippen molar-refractivity contribution in [2.24, 2.45) is 0 Å². The Hall–Kier alpha value is -1.29. The van der Waals surface area contributed by atoms with E-state index in [1.165, 1.54) is 12.8 Å². The predicted molar refractivity (Wildman–Crippen MR) is 59.9 cm³/mol. The Morgan fingerprint density at radius 3 is 3.27 bits per heavy atom. The second-order valence-corrected chi connectivity index (χ2v) is 3.98. The van der Waals surface area contributed by atoms with Gasteiger partial charge in [0.1, 0.15) is 18.2 Å². The molecule has 0 radical (unpaired) electrons. The third-order valence-electron chi connectivity index (χ3n) is 2.68. The molecule has 4 heteroatoms. The highest BCUT2D eigenvalue weighted by Crippen LogP contribution is 2.19. The van der Waals surface area contributed by atoms with Crippen molar-refractivity contribution in [3.05, 3.63) is 17.8 Å². The van der Waals surface area contributed by atoms with E-state index >= 15 is 0 Å². The van der Waals surface area contributed by atoms with E-state index in [1.807, 2.05) is 6.92 Å². The fourth-order valence-electron chi connectivity index (χ4n) is 1.77. The highest BCUT2D eigenvalue weighted by Gasteiger charge is 2.14. The maximum atomic E-state index is 5.72. The van der Waals surface area contributed by atoms with Crippen LogP contribution in [0.25, 0.3) is 0 Å². The van der Waals surface area contributed by atoms with E-state index in [4.69, 9.17) is 10.5 Å². The quantitative estimate of drug-likeness (QED) is 0.779. The van der Waals surface area contributed by atoms with E-state index in [2.05, 4.69) is 10.3 Å². The average molecular weight is 207 g/mol. The first kappa shape index (κ1) is 10.2. The van der Waals surface area contributed by atoms with Crippen molar-refractivity contribution in [1.29, 1.82) is 0 Å². The minimum absolute atomic E-state index is 0.485. The van der Waals surface area contributed by atoms with Crippen molar-refractivity contribution >= 4 is 5.82 Å². The molecule has 0 saturated carbocycles. The van der Waals surface area contributed by atoms with E-state index in [-0.39, 0.29) is 0 Å². The average Bonchev–Trinajstić information content (AvgIpc) is 2.72. The first-order valence-corrected chi connectivity index (χ1v) is 5.34. The third-order valence-corrected chi connectivity index (χ3v) is 2.68. The smallest absolute Gasteiger partial charge is 0.127 e. The van der Waals surface area contributed by atoms with Gasteiger partial charge in [0.05, 0.1) is 0 Å². The molecular weight excluding hydrogens is 190 g/mol. The zero-order chi connectivity index (χ0) is 10.7. The number of nitrogen functional groups attached to an aromatic ring is 1. The SMILES string of the molecule is Cc1cnc(N)cc1OC[C@@H]1CCCN1. The van der Waals surface area contributed by atoms with Crippen molar-refractivity contribution in [3.8, 4) is 5.75 Å². The summed E-state index contributed by atoms with van der Waals surface area (Å²) in [4.78, 5) is 4.00. The number of hydrogen-bond acceptors (Lipinski definition) is 4. The molecular formula is C11H17N3O. The molecule has 2 rings (SSSR count). The largest absolute Gasteiger partial charge is 0.491 e. The Morgan fingerprint density at radius 2 is 2.53 bits per heavy atom. The van der Waals surface area contributed by atoms with Gasteiger partial charge in [-0.2, -0.15) is 0 Å². The lowest BCUT2D eigenvalue weighted by Gasteiger charge is -2.13. The summed E-state index contributed by atoms with van der Waals surface area (Å²) in [6.45, 7) is 3.79. The molecule has 4 nitrogen and oxygen atoms in total. The summed E-state index contributed by atoms with van der Waals surface area (Å²) in [6, 6.07) is 2.27. The summed E-state index contributed by atoms with van der Waals surface area (Å²) in [5, 5.41) is 3.39. The van der Waals surface area contributed by atoms with Gasteiger partial charge in [-0.25, -0.2) is 4.98 Å². The first-order chi connectivity index (χ1) is 7.25. The molecule has 1 aromatic rings. The molecule has 1 aliphatic rings. The van der Waals surface area contributed by atoms with Crippen LogP contribution in [-0.2, 0) is 0 Å². The number of aryl methyl sites for hydroxylation is 1. The molecule has 15 heavy (non-hydrogen) atoms. The molecule has 1 aliphatic heterocycles. The van der Waals surface area contributed by atoms with Gasteiger partial charge in [-0.3, -0.25) is 0 Å². The molecule has 0 spiro atoms. The molecule has 1 atom stereocenters. The highest BCUT2D eigenvalue weighted by atomic mass is 16.5. The van der Waals surface area contributed by atoms with Gasteiger partial charge < -0.3 is 15.8 Å². The highest BCUT2D eigenvalue weighted by molar-refractivity contribution is 5.41. The van der Waals surface area contributed by atoms with Crippen molar-refractivity contribution in [2.45, 2.75) is 25.8 Å². The van der Waals surface area contributed by atoms with Crippen LogP contribution in [0, 0.1) is 6.92 Å². The number of rotatable bonds is 3. The van der Waals surface area contributed by atoms with Crippen LogP contribution in [0.5, 0.6) is 5.75 Å². The number of hydrogen-bond donors (Lipinski definition) is 2. The topological polar surface area (TPSA) is 60.2 Å². The Labute approximate surface area is 89.8 Å². The molecule has 1 aromatic heterocycles. The predicted octanol–water partition coefficient (Wildman–Crippen LogP) is 1.10. The van der Waals surface area contributed by atoms with Gasteiger partial charge in [0.25, 0.3) is 0 Å². The molecule has 0 unspecified atom stereocenters. The maximum Gasteiger partial charge on any atom is 0.127 e. The van der Waals surface area contributed by atoms with E-state index in [0.717, 1.165) is 17.9 Å². The van der Waals surface area contributed by atoms with Crippen molar-refractivity contribution in [1.82, 2.24) is 10.3 Å². The van der Waals surface area contributed by atoms with Gasteiger partial charge in [0.2, 0.25) is 0 Å². The molecule has 0 bridgehead atoms. The monoisotopic (exact) mass is 207 g/mol. The minimum Gasteiger partial charge on any atom is -0.491 e. The summed E-state index contributed by atoms with van der Waals surface area (Å²) < 4.78 is 5.72. The van der Waals surface area contributed by atoms with Gasteiger partial charge in [0.15, 0.2) is 0 Å². The lowest BCUT2D eigenvalue weighted by molar-refractivity contribution is 0.275. The van der Waals surface area contributed by atoms with Crippen LogP contribution < -0.4 is 15.8 Å². The van der Waals surface area contributed by atoms with Gasteiger partial charge in [-0.15, -0.1) is 0 Å². The number of aromatic nitrogens is 1. The standard InChI is InChI=1S/C11H17N3O/c1-8-6-14-11(12)5-10(8)15-7-9-3-2-4-13-9/h5-6,9,13H,2-4,7H2,1H3,(H2,12,14)/t9-/m0/s1. The fraction of sp³-hybridized carbons (Fsp3) is 0.545. The normalized spacial score (nSPS) is 20.5. The van der Waals surface area contributed by atoms with Crippen molar-refractivity contribution in [3.63, 3.8) is 0 Å². The lowest BCUT2D eigenvalue weighted by atomic mass is 10.2. The number of nitrogens with two attached hydrogens (primary N) is 1. The zero-order valence-corrected chi connectivity index (χ0v) is 8.99. The van der Waals surface area contributed by atoms with Crippen LogP contribution in [0.15, 0.2) is 12.3 Å². The fourth-order valence-corrected chi connectivity index (χ4v) is 1.77. The summed E-state index contributed by atoms with van der Waals surface area (Å²) in [6.07, 6.45) is 4.18. The molecule has 3 N–H and O–H groups in total. The van der Waals surface area contributed by atoms with Crippen LogP contribution in [-0.4, -0.2) is 24.2 Å². The first-order valence-electron chi connectivity index (χ1n) is 5.34. The van der Waals surface area contributed by atoms with Crippen molar-refractivity contribution in [2.75, 3.05) is 18.9 Å². The maximum absolute atomic E-state index is 5.72.